The molecule has 0 spiro atoms. The highest BCUT2D eigenvalue weighted by Crippen LogP contribution is 2.42. The van der Waals surface area contributed by atoms with Crippen LogP contribution in [0.25, 0.3) is 89.2 Å². The summed E-state index contributed by atoms with van der Waals surface area (Å²) >= 11 is 0. The van der Waals surface area contributed by atoms with Crippen molar-refractivity contribution in [2.75, 3.05) is 0 Å². The molecular formula is C51H33N3. The van der Waals surface area contributed by atoms with E-state index in [1.54, 1.807) is 0 Å². The van der Waals surface area contributed by atoms with Crippen LogP contribution in [0, 0.1) is 11.3 Å². The van der Waals surface area contributed by atoms with Gasteiger partial charge in [-0.25, -0.2) is 9.97 Å². The van der Waals surface area contributed by atoms with Crippen molar-refractivity contribution in [1.82, 2.24) is 9.97 Å². The van der Waals surface area contributed by atoms with Crippen LogP contribution in [0.2, 0.25) is 0 Å². The minimum atomic E-state index is 0.662. The van der Waals surface area contributed by atoms with Gasteiger partial charge in [0, 0.05) is 22.3 Å². The van der Waals surface area contributed by atoms with Crippen LogP contribution >= 0.6 is 0 Å². The number of aromatic nitrogens is 2. The summed E-state index contributed by atoms with van der Waals surface area (Å²) in [5.41, 5.74) is 14.4. The van der Waals surface area contributed by atoms with E-state index in [1.165, 1.54) is 16.3 Å². The van der Waals surface area contributed by atoms with Gasteiger partial charge in [-0.2, -0.15) is 5.26 Å². The van der Waals surface area contributed by atoms with Gasteiger partial charge in [-0.15, -0.1) is 0 Å². The van der Waals surface area contributed by atoms with Gasteiger partial charge in [0.25, 0.3) is 0 Å². The predicted octanol–water partition coefficient (Wildman–Crippen LogP) is 13.2. The number of nitriles is 1. The molecule has 3 nitrogen and oxygen atoms in total. The molecule has 0 aliphatic carbocycles. The quantitative estimate of drug-likeness (QED) is 0.168. The summed E-state index contributed by atoms with van der Waals surface area (Å²) in [6, 6.07) is 71.6. The first-order valence-corrected chi connectivity index (χ1v) is 18.1. The molecule has 54 heavy (non-hydrogen) atoms. The third-order valence-electron chi connectivity index (χ3n) is 9.97. The number of benzene rings is 8. The Hall–Kier alpha value is -7.41. The Morgan fingerprint density at radius 2 is 0.778 bits per heavy atom. The van der Waals surface area contributed by atoms with Gasteiger partial charge in [-0.3, -0.25) is 0 Å². The van der Waals surface area contributed by atoms with Crippen LogP contribution in [0.15, 0.2) is 200 Å². The van der Waals surface area contributed by atoms with Crippen LogP contribution in [0.3, 0.4) is 0 Å². The summed E-state index contributed by atoms with van der Waals surface area (Å²) in [4.78, 5) is 10.6. The first-order chi connectivity index (χ1) is 26.7. The lowest BCUT2D eigenvalue weighted by Gasteiger charge is -2.18. The molecular weight excluding hydrogens is 655 g/mol. The minimum absolute atomic E-state index is 0.662. The van der Waals surface area contributed by atoms with Crippen molar-refractivity contribution in [3.8, 4) is 84.5 Å². The largest absolute Gasteiger partial charge is 0.227 e. The molecule has 9 rings (SSSR count). The Morgan fingerprint density at radius 3 is 1.37 bits per heavy atom. The monoisotopic (exact) mass is 687 g/mol. The van der Waals surface area contributed by atoms with Gasteiger partial charge in [-0.05, 0) is 67.9 Å². The number of fused-ring (bicyclic) bond motifs is 1. The van der Waals surface area contributed by atoms with Crippen LogP contribution < -0.4 is 0 Å². The summed E-state index contributed by atoms with van der Waals surface area (Å²) in [5.74, 6) is 0.689. The molecule has 3 heteroatoms. The molecule has 8 aromatic carbocycles. The third-order valence-corrected chi connectivity index (χ3v) is 9.97. The Bertz CT molecular complexity index is 2790. The Balaban J connectivity index is 1.18. The second-order valence-corrected chi connectivity index (χ2v) is 13.3. The fraction of sp³-hybridized carbons (Fsp3) is 0. The SMILES string of the molecule is N#Cc1ccc(-c2ccc(-c3ccc(-c4cccc(-c5nc(-c6ccccc6)nc(-c6ccccc6)c5-c5ccccc5)c4)c4ccccc34)cc2)cc1. The van der Waals surface area contributed by atoms with E-state index in [-0.39, 0.29) is 0 Å². The van der Waals surface area contributed by atoms with Crippen LogP contribution in [0.4, 0.5) is 0 Å². The summed E-state index contributed by atoms with van der Waals surface area (Å²) in [6.45, 7) is 0. The normalized spacial score (nSPS) is 10.9. The molecule has 0 bridgehead atoms. The maximum Gasteiger partial charge on any atom is 0.160 e. The van der Waals surface area contributed by atoms with Gasteiger partial charge in [0.05, 0.1) is 23.0 Å². The average Bonchev–Trinajstić information content (AvgIpc) is 3.26. The predicted molar refractivity (Wildman–Crippen MR) is 222 cm³/mol. The van der Waals surface area contributed by atoms with E-state index >= 15 is 0 Å². The van der Waals surface area contributed by atoms with Crippen LogP contribution in [0.5, 0.6) is 0 Å². The molecule has 0 aliphatic heterocycles. The fourth-order valence-corrected chi connectivity index (χ4v) is 7.29. The molecule has 0 unspecified atom stereocenters. The van der Waals surface area contributed by atoms with Crippen molar-refractivity contribution < 1.29 is 0 Å². The molecule has 0 radical (unpaired) electrons. The third kappa shape index (κ3) is 6.23. The summed E-state index contributed by atoms with van der Waals surface area (Å²) < 4.78 is 0. The lowest BCUT2D eigenvalue weighted by atomic mass is 9.89. The molecule has 9 aromatic rings. The highest BCUT2D eigenvalue weighted by atomic mass is 14.9. The van der Waals surface area contributed by atoms with E-state index in [1.807, 2.05) is 54.6 Å². The zero-order valence-corrected chi connectivity index (χ0v) is 29.4. The standard InChI is InChI=1S/C51H33N3/c52-34-35-23-25-36(26-24-35)37-27-29-38(30-28-37)44-31-32-45(47-22-11-10-21-46(44)47)42-19-12-20-43(33-42)50-48(39-13-4-1-5-14-39)49(40-15-6-2-7-16-40)53-51(54-50)41-17-8-3-9-18-41/h1-33H. The molecule has 1 aromatic heterocycles. The van der Waals surface area contributed by atoms with Crippen molar-refractivity contribution in [2.45, 2.75) is 0 Å². The van der Waals surface area contributed by atoms with Crippen LogP contribution in [-0.4, -0.2) is 9.97 Å². The topological polar surface area (TPSA) is 49.6 Å². The van der Waals surface area contributed by atoms with E-state index in [0.717, 1.165) is 67.0 Å². The zero-order valence-electron chi connectivity index (χ0n) is 29.4. The van der Waals surface area contributed by atoms with Gasteiger partial charge >= 0.3 is 0 Å². The van der Waals surface area contributed by atoms with Gasteiger partial charge in [0.1, 0.15) is 0 Å². The second-order valence-electron chi connectivity index (χ2n) is 13.3. The lowest BCUT2D eigenvalue weighted by molar-refractivity contribution is 1.18. The molecule has 0 atom stereocenters. The van der Waals surface area contributed by atoms with Crippen molar-refractivity contribution in [3.63, 3.8) is 0 Å². The van der Waals surface area contributed by atoms with Crippen molar-refractivity contribution in [3.05, 3.63) is 206 Å². The van der Waals surface area contributed by atoms with Gasteiger partial charge < -0.3 is 0 Å². The zero-order chi connectivity index (χ0) is 36.3. The molecule has 252 valence electrons. The molecule has 0 saturated carbocycles. The van der Waals surface area contributed by atoms with E-state index in [9.17, 15) is 5.26 Å². The van der Waals surface area contributed by atoms with E-state index in [0.29, 0.717) is 11.4 Å². The highest BCUT2D eigenvalue weighted by Gasteiger charge is 2.21. The van der Waals surface area contributed by atoms with Crippen LogP contribution in [0.1, 0.15) is 5.56 Å². The molecule has 0 aliphatic rings. The van der Waals surface area contributed by atoms with E-state index in [2.05, 4.69) is 152 Å². The molecule has 1 heterocycles. The molecule has 0 N–H and O–H groups in total. The second kappa shape index (κ2) is 14.3. The minimum Gasteiger partial charge on any atom is -0.227 e. The van der Waals surface area contributed by atoms with Gasteiger partial charge in [0.2, 0.25) is 0 Å². The number of nitrogens with zero attached hydrogens (tertiary/aromatic N) is 3. The first-order valence-electron chi connectivity index (χ1n) is 18.1. The highest BCUT2D eigenvalue weighted by molar-refractivity contribution is 6.05. The molecule has 0 saturated heterocycles. The maximum absolute atomic E-state index is 9.20. The number of hydrogen-bond donors (Lipinski definition) is 0. The number of hydrogen-bond acceptors (Lipinski definition) is 3. The summed E-state index contributed by atoms with van der Waals surface area (Å²) in [5, 5.41) is 11.6. The van der Waals surface area contributed by atoms with Crippen molar-refractivity contribution >= 4 is 10.8 Å². The Morgan fingerprint density at radius 1 is 0.333 bits per heavy atom. The van der Waals surface area contributed by atoms with Crippen molar-refractivity contribution in [1.29, 1.82) is 5.26 Å². The summed E-state index contributed by atoms with van der Waals surface area (Å²) in [6.07, 6.45) is 0. The Kier molecular flexibility index (Phi) is 8.61. The number of rotatable bonds is 7. The maximum atomic E-state index is 9.20. The summed E-state index contributed by atoms with van der Waals surface area (Å²) in [7, 11) is 0. The Labute approximate surface area is 315 Å². The molecule has 0 amide bonds. The first kappa shape index (κ1) is 32.5. The van der Waals surface area contributed by atoms with Gasteiger partial charge in [0.15, 0.2) is 5.82 Å². The molecule has 0 fully saturated rings. The lowest BCUT2D eigenvalue weighted by Crippen LogP contribution is -2.01. The van der Waals surface area contributed by atoms with E-state index in [4.69, 9.17) is 9.97 Å². The smallest absolute Gasteiger partial charge is 0.160 e. The van der Waals surface area contributed by atoms with E-state index < -0.39 is 0 Å². The van der Waals surface area contributed by atoms with Crippen molar-refractivity contribution in [2.24, 2.45) is 0 Å². The average molecular weight is 688 g/mol. The fourth-order valence-electron chi connectivity index (χ4n) is 7.29. The van der Waals surface area contributed by atoms with Gasteiger partial charge in [-0.1, -0.05) is 182 Å². The van der Waals surface area contributed by atoms with Crippen LogP contribution in [-0.2, 0) is 0 Å².